The van der Waals surface area contributed by atoms with Crippen LogP contribution < -0.4 is 0 Å². The largest absolute Gasteiger partial charge is 0.507 e. The molecule has 2 nitrogen and oxygen atoms in total. The second kappa shape index (κ2) is 3.31. The minimum Gasteiger partial charge on any atom is -0.507 e. The van der Waals surface area contributed by atoms with Gasteiger partial charge in [-0.2, -0.15) is 0 Å². The molecule has 0 radical (unpaired) electrons. The van der Waals surface area contributed by atoms with Crippen LogP contribution in [0.5, 0.6) is 5.75 Å². The Bertz CT molecular complexity index is 545. The quantitative estimate of drug-likeness (QED) is 0.731. The van der Waals surface area contributed by atoms with Crippen molar-refractivity contribution in [3.8, 4) is 5.75 Å². The number of benzene rings is 2. The molecule has 0 aliphatic carbocycles. The van der Waals surface area contributed by atoms with Gasteiger partial charge in [-0.1, -0.05) is 12.1 Å². The Morgan fingerprint density at radius 3 is 2.47 bits per heavy atom. The van der Waals surface area contributed by atoms with Crippen molar-refractivity contribution in [3.05, 3.63) is 41.5 Å². The summed E-state index contributed by atoms with van der Waals surface area (Å²) in [6.07, 6.45) is 0.306. The number of hydrogen-bond acceptors (Lipinski definition) is 2. The first-order valence-corrected chi connectivity index (χ1v) is 4.20. The molecule has 0 saturated carbocycles. The van der Waals surface area contributed by atoms with Crippen LogP contribution in [-0.2, 0) is 0 Å². The number of halogens is 2. The van der Waals surface area contributed by atoms with E-state index in [1.165, 1.54) is 18.2 Å². The number of fused-ring (bicyclic) bond motifs is 1. The standard InChI is InChI=1S/C11H6F2O2/c12-8-3-1-6-2-4-9(15)7(5-14)10(6)11(8)13/h1-5,15H. The van der Waals surface area contributed by atoms with Gasteiger partial charge in [0.15, 0.2) is 17.9 Å². The van der Waals surface area contributed by atoms with Crippen LogP contribution >= 0.6 is 0 Å². The summed E-state index contributed by atoms with van der Waals surface area (Å²) in [5, 5.41) is 9.48. The van der Waals surface area contributed by atoms with Crippen molar-refractivity contribution in [1.82, 2.24) is 0 Å². The van der Waals surface area contributed by atoms with Crippen LogP contribution in [0.25, 0.3) is 10.8 Å². The molecule has 0 aromatic heterocycles. The van der Waals surface area contributed by atoms with E-state index in [4.69, 9.17) is 0 Å². The molecule has 0 bridgehead atoms. The number of carbonyl (C=O) groups is 1. The first-order valence-electron chi connectivity index (χ1n) is 4.20. The van der Waals surface area contributed by atoms with Gasteiger partial charge in [0.25, 0.3) is 0 Å². The highest BCUT2D eigenvalue weighted by atomic mass is 19.2. The van der Waals surface area contributed by atoms with Gasteiger partial charge in [-0.3, -0.25) is 4.79 Å². The van der Waals surface area contributed by atoms with Crippen LogP contribution in [0, 0.1) is 11.6 Å². The van der Waals surface area contributed by atoms with Crippen molar-refractivity contribution in [3.63, 3.8) is 0 Å². The molecule has 76 valence electrons. The fraction of sp³-hybridized carbons (Fsp3) is 0. The lowest BCUT2D eigenvalue weighted by Crippen LogP contribution is -1.92. The van der Waals surface area contributed by atoms with Crippen LogP contribution in [0.3, 0.4) is 0 Å². The van der Waals surface area contributed by atoms with Crippen LogP contribution in [-0.4, -0.2) is 11.4 Å². The molecule has 0 aliphatic rings. The monoisotopic (exact) mass is 208 g/mol. The van der Waals surface area contributed by atoms with E-state index >= 15 is 0 Å². The Kier molecular flexibility index (Phi) is 2.11. The number of aldehydes is 1. The van der Waals surface area contributed by atoms with Crippen molar-refractivity contribution in [1.29, 1.82) is 0 Å². The fourth-order valence-corrected chi connectivity index (χ4v) is 1.48. The summed E-state index contributed by atoms with van der Waals surface area (Å²) in [5.74, 6) is -2.52. The number of phenols is 1. The fourth-order valence-electron chi connectivity index (χ4n) is 1.48. The van der Waals surface area contributed by atoms with Gasteiger partial charge >= 0.3 is 0 Å². The number of carbonyl (C=O) groups excluding carboxylic acids is 1. The lowest BCUT2D eigenvalue weighted by molar-refractivity contribution is 0.112. The van der Waals surface area contributed by atoms with Gasteiger partial charge in [-0.25, -0.2) is 8.78 Å². The molecule has 2 aromatic rings. The summed E-state index contributed by atoms with van der Waals surface area (Å²) < 4.78 is 26.3. The maximum Gasteiger partial charge on any atom is 0.167 e. The topological polar surface area (TPSA) is 37.3 Å². The predicted molar refractivity (Wildman–Crippen MR) is 50.9 cm³/mol. The van der Waals surface area contributed by atoms with Crippen LogP contribution in [0.15, 0.2) is 24.3 Å². The Labute approximate surface area is 83.8 Å². The van der Waals surface area contributed by atoms with Gasteiger partial charge < -0.3 is 5.11 Å². The van der Waals surface area contributed by atoms with Gasteiger partial charge in [0, 0.05) is 5.39 Å². The molecule has 1 N–H and O–H groups in total. The van der Waals surface area contributed by atoms with Crippen LogP contribution in [0.1, 0.15) is 10.4 Å². The van der Waals surface area contributed by atoms with Crippen molar-refractivity contribution in [2.24, 2.45) is 0 Å². The molecule has 15 heavy (non-hydrogen) atoms. The maximum absolute atomic E-state index is 13.4. The molecule has 4 heteroatoms. The SMILES string of the molecule is O=Cc1c(O)ccc2ccc(F)c(F)c12. The van der Waals surface area contributed by atoms with E-state index < -0.39 is 11.6 Å². The Balaban J connectivity index is 3.00. The average molecular weight is 208 g/mol. The van der Waals surface area contributed by atoms with E-state index in [1.54, 1.807) is 0 Å². The van der Waals surface area contributed by atoms with E-state index in [0.717, 1.165) is 6.07 Å². The number of hydrogen-bond donors (Lipinski definition) is 1. The van der Waals surface area contributed by atoms with Crippen molar-refractivity contribution in [2.45, 2.75) is 0 Å². The molecule has 0 atom stereocenters. The highest BCUT2D eigenvalue weighted by Crippen LogP contribution is 2.28. The van der Waals surface area contributed by atoms with Crippen molar-refractivity contribution >= 4 is 17.1 Å². The first-order chi connectivity index (χ1) is 7.15. The summed E-state index contributed by atoms with van der Waals surface area (Å²) >= 11 is 0. The number of aromatic hydroxyl groups is 1. The summed E-state index contributed by atoms with van der Waals surface area (Å²) in [4.78, 5) is 10.7. The Morgan fingerprint density at radius 1 is 1.13 bits per heavy atom. The van der Waals surface area contributed by atoms with Gasteiger partial charge in [0.05, 0.1) is 5.56 Å². The van der Waals surface area contributed by atoms with Gasteiger partial charge in [-0.05, 0) is 17.5 Å². The molecule has 0 spiro atoms. The molecule has 0 unspecified atom stereocenters. The normalized spacial score (nSPS) is 10.5. The highest BCUT2D eigenvalue weighted by Gasteiger charge is 2.13. The first kappa shape index (κ1) is 9.58. The number of phenolic OH excluding ortho intramolecular Hbond substituents is 1. The molecular formula is C11H6F2O2. The summed E-state index contributed by atoms with van der Waals surface area (Å²) in [6, 6.07) is 5.01. The third kappa shape index (κ3) is 1.34. The lowest BCUT2D eigenvalue weighted by Gasteiger charge is -2.05. The van der Waals surface area contributed by atoms with E-state index in [9.17, 15) is 18.7 Å². The maximum atomic E-state index is 13.4. The van der Waals surface area contributed by atoms with E-state index in [2.05, 4.69) is 0 Å². The minimum atomic E-state index is -1.12. The summed E-state index contributed by atoms with van der Waals surface area (Å²) in [5.41, 5.74) is -0.232. The summed E-state index contributed by atoms with van der Waals surface area (Å²) in [6.45, 7) is 0. The summed E-state index contributed by atoms with van der Waals surface area (Å²) in [7, 11) is 0. The third-order valence-electron chi connectivity index (χ3n) is 2.21. The van der Waals surface area contributed by atoms with E-state index in [1.807, 2.05) is 0 Å². The minimum absolute atomic E-state index is 0.190. The lowest BCUT2D eigenvalue weighted by atomic mass is 10.0. The molecule has 0 amide bonds. The molecular weight excluding hydrogens is 202 g/mol. The zero-order valence-corrected chi connectivity index (χ0v) is 7.50. The molecule has 2 rings (SSSR count). The van der Waals surface area contributed by atoms with Crippen molar-refractivity contribution < 1.29 is 18.7 Å². The van der Waals surface area contributed by atoms with Crippen LogP contribution in [0.4, 0.5) is 8.78 Å². The average Bonchev–Trinajstić information content (AvgIpc) is 2.24. The van der Waals surface area contributed by atoms with Gasteiger partial charge in [0.1, 0.15) is 5.75 Å². The van der Waals surface area contributed by atoms with Gasteiger partial charge in [0.2, 0.25) is 0 Å². The van der Waals surface area contributed by atoms with Crippen molar-refractivity contribution in [2.75, 3.05) is 0 Å². The smallest absolute Gasteiger partial charge is 0.167 e. The molecule has 0 aliphatic heterocycles. The zero-order valence-electron chi connectivity index (χ0n) is 7.50. The molecule has 2 aromatic carbocycles. The Hall–Kier alpha value is -1.97. The second-order valence-electron chi connectivity index (χ2n) is 3.08. The number of rotatable bonds is 1. The van der Waals surface area contributed by atoms with Gasteiger partial charge in [-0.15, -0.1) is 0 Å². The molecule has 0 heterocycles. The second-order valence-corrected chi connectivity index (χ2v) is 3.08. The third-order valence-corrected chi connectivity index (χ3v) is 2.21. The Morgan fingerprint density at radius 2 is 1.80 bits per heavy atom. The van der Waals surface area contributed by atoms with Crippen LogP contribution in [0.2, 0.25) is 0 Å². The predicted octanol–water partition coefficient (Wildman–Crippen LogP) is 2.64. The zero-order chi connectivity index (χ0) is 11.0. The molecule has 0 fully saturated rings. The highest BCUT2D eigenvalue weighted by molar-refractivity contribution is 6.01. The molecule has 0 saturated heterocycles. The van der Waals surface area contributed by atoms with E-state index in [0.29, 0.717) is 11.7 Å². The van der Waals surface area contributed by atoms with E-state index in [-0.39, 0.29) is 16.7 Å².